The summed E-state index contributed by atoms with van der Waals surface area (Å²) in [6, 6.07) is 0. The maximum absolute atomic E-state index is 11.4. The van der Waals surface area contributed by atoms with E-state index in [0.717, 1.165) is 19.3 Å². The summed E-state index contributed by atoms with van der Waals surface area (Å²) in [6.07, 6.45) is 5.83. The van der Waals surface area contributed by atoms with Crippen LogP contribution in [0.2, 0.25) is 0 Å². The Balaban J connectivity index is 1.77. The summed E-state index contributed by atoms with van der Waals surface area (Å²) in [5, 5.41) is 0. The summed E-state index contributed by atoms with van der Waals surface area (Å²) in [7, 11) is 0. The highest BCUT2D eigenvalue weighted by Crippen LogP contribution is 2.42. The fourth-order valence-corrected chi connectivity index (χ4v) is 3.55. The summed E-state index contributed by atoms with van der Waals surface area (Å²) >= 11 is 3.64. The molecule has 0 amide bonds. The summed E-state index contributed by atoms with van der Waals surface area (Å²) in [5.74, 6) is -0.858. The van der Waals surface area contributed by atoms with Gasteiger partial charge in [0.15, 0.2) is 5.79 Å². The van der Waals surface area contributed by atoms with Gasteiger partial charge in [0.2, 0.25) is 0 Å². The van der Waals surface area contributed by atoms with Gasteiger partial charge >= 0.3 is 5.76 Å². The zero-order valence-electron chi connectivity index (χ0n) is 11.6. The van der Waals surface area contributed by atoms with Crippen LogP contribution in [-0.2, 0) is 16.0 Å². The number of halogens is 1. The third kappa shape index (κ3) is 2.64. The van der Waals surface area contributed by atoms with E-state index in [2.05, 4.69) is 15.9 Å². The molecule has 2 aliphatic rings. The maximum Gasteiger partial charge on any atom is 0.418 e. The van der Waals surface area contributed by atoms with Gasteiger partial charge in [0, 0.05) is 12.7 Å². The van der Waals surface area contributed by atoms with Crippen molar-refractivity contribution in [3.8, 4) is 0 Å². The van der Waals surface area contributed by atoms with Crippen LogP contribution in [0, 0.1) is 0 Å². The predicted molar refractivity (Wildman–Crippen MR) is 76.6 cm³/mol. The first-order valence-corrected chi connectivity index (χ1v) is 7.62. The SMILES string of the molecule is CC1(C)OC2CCC(Br)=C(CCn3ccoc3=O)C2O1. The molecule has 3 rings (SSSR count). The van der Waals surface area contributed by atoms with Gasteiger partial charge in [-0.3, -0.25) is 4.57 Å². The van der Waals surface area contributed by atoms with Crippen LogP contribution >= 0.6 is 15.9 Å². The third-order valence-electron chi connectivity index (χ3n) is 3.79. The Morgan fingerprint density at radius 2 is 2.25 bits per heavy atom. The highest BCUT2D eigenvalue weighted by Gasteiger charge is 2.45. The van der Waals surface area contributed by atoms with Crippen LogP contribution in [0.1, 0.15) is 33.1 Å². The molecule has 6 heteroatoms. The molecule has 2 unspecified atom stereocenters. The topological polar surface area (TPSA) is 53.6 Å². The first-order chi connectivity index (χ1) is 9.46. The minimum Gasteiger partial charge on any atom is -0.416 e. The molecule has 2 atom stereocenters. The fourth-order valence-electron chi connectivity index (χ4n) is 2.90. The Hall–Kier alpha value is -0.850. The molecule has 0 N–H and O–H groups in total. The molecule has 0 spiro atoms. The number of ether oxygens (including phenoxy) is 2. The quantitative estimate of drug-likeness (QED) is 0.846. The first kappa shape index (κ1) is 14.1. The lowest BCUT2D eigenvalue weighted by molar-refractivity contribution is -0.143. The minimum absolute atomic E-state index is 0.0178. The molecule has 1 aromatic rings. The highest BCUT2D eigenvalue weighted by molar-refractivity contribution is 9.11. The van der Waals surface area contributed by atoms with Crippen molar-refractivity contribution < 1.29 is 13.9 Å². The van der Waals surface area contributed by atoms with Crippen molar-refractivity contribution >= 4 is 15.9 Å². The molecule has 1 aliphatic carbocycles. The van der Waals surface area contributed by atoms with E-state index in [9.17, 15) is 4.79 Å². The molecular formula is C14H18BrNO4. The van der Waals surface area contributed by atoms with Crippen LogP contribution in [0.25, 0.3) is 0 Å². The summed E-state index contributed by atoms with van der Waals surface area (Å²) in [4.78, 5) is 11.4. The van der Waals surface area contributed by atoms with E-state index in [-0.39, 0.29) is 18.0 Å². The number of fused-ring (bicyclic) bond motifs is 1. The van der Waals surface area contributed by atoms with Gasteiger partial charge < -0.3 is 13.9 Å². The molecule has 2 heterocycles. The molecule has 110 valence electrons. The Morgan fingerprint density at radius 3 is 2.95 bits per heavy atom. The van der Waals surface area contributed by atoms with Crippen molar-refractivity contribution in [1.29, 1.82) is 0 Å². The molecule has 1 aromatic heterocycles. The van der Waals surface area contributed by atoms with Gasteiger partial charge in [0.25, 0.3) is 0 Å². The second-order valence-corrected chi connectivity index (χ2v) is 6.63. The number of aromatic nitrogens is 1. The second-order valence-electron chi connectivity index (χ2n) is 5.68. The van der Waals surface area contributed by atoms with Crippen LogP contribution in [0.15, 0.2) is 31.7 Å². The normalized spacial score (nSPS) is 28.8. The number of hydrogen-bond donors (Lipinski definition) is 0. The van der Waals surface area contributed by atoms with Gasteiger partial charge in [-0.25, -0.2) is 4.79 Å². The molecule has 0 aromatic carbocycles. The van der Waals surface area contributed by atoms with Crippen molar-refractivity contribution in [2.24, 2.45) is 0 Å². The number of rotatable bonds is 3. The smallest absolute Gasteiger partial charge is 0.416 e. The molecule has 0 bridgehead atoms. The van der Waals surface area contributed by atoms with E-state index in [1.807, 2.05) is 13.8 Å². The lowest BCUT2D eigenvalue weighted by Gasteiger charge is -2.26. The van der Waals surface area contributed by atoms with Crippen LogP contribution in [0.4, 0.5) is 0 Å². The largest absolute Gasteiger partial charge is 0.418 e. The average Bonchev–Trinajstić information content (AvgIpc) is 2.90. The average molecular weight is 344 g/mol. The van der Waals surface area contributed by atoms with Crippen LogP contribution in [-0.4, -0.2) is 22.6 Å². The molecule has 1 saturated heterocycles. The second kappa shape index (κ2) is 5.16. The summed E-state index contributed by atoms with van der Waals surface area (Å²) in [5.41, 5.74) is 1.19. The van der Waals surface area contributed by atoms with Crippen LogP contribution < -0.4 is 5.76 Å². The molecule has 1 fully saturated rings. The number of aryl methyl sites for hydroxylation is 1. The summed E-state index contributed by atoms with van der Waals surface area (Å²) < 4.78 is 19.5. The molecule has 5 nitrogen and oxygen atoms in total. The monoisotopic (exact) mass is 343 g/mol. The van der Waals surface area contributed by atoms with Gasteiger partial charge in [-0.15, -0.1) is 0 Å². The Bertz CT molecular complexity index is 586. The zero-order valence-corrected chi connectivity index (χ0v) is 13.2. The molecular weight excluding hydrogens is 326 g/mol. The number of allylic oxidation sites excluding steroid dienone is 1. The van der Waals surface area contributed by atoms with Gasteiger partial charge in [0.1, 0.15) is 12.4 Å². The molecule has 20 heavy (non-hydrogen) atoms. The molecule has 0 saturated carbocycles. The maximum atomic E-state index is 11.4. The van der Waals surface area contributed by atoms with E-state index < -0.39 is 5.79 Å². The van der Waals surface area contributed by atoms with Crippen molar-refractivity contribution in [2.75, 3.05) is 0 Å². The highest BCUT2D eigenvalue weighted by atomic mass is 79.9. The van der Waals surface area contributed by atoms with Crippen molar-refractivity contribution in [3.05, 3.63) is 33.1 Å². The van der Waals surface area contributed by atoms with Crippen LogP contribution in [0.3, 0.4) is 0 Å². The Morgan fingerprint density at radius 1 is 1.45 bits per heavy atom. The molecule has 1 aliphatic heterocycles. The number of hydrogen-bond acceptors (Lipinski definition) is 4. The van der Waals surface area contributed by atoms with E-state index in [4.69, 9.17) is 13.9 Å². The number of nitrogens with zero attached hydrogens (tertiary/aromatic N) is 1. The van der Waals surface area contributed by atoms with E-state index in [0.29, 0.717) is 6.54 Å². The van der Waals surface area contributed by atoms with Gasteiger partial charge in [-0.1, -0.05) is 15.9 Å². The lowest BCUT2D eigenvalue weighted by atomic mass is 9.92. The van der Waals surface area contributed by atoms with E-state index in [1.165, 1.54) is 16.3 Å². The Labute approximate surface area is 125 Å². The Kier molecular flexibility index (Phi) is 3.64. The zero-order chi connectivity index (χ0) is 14.3. The van der Waals surface area contributed by atoms with Gasteiger partial charge in [-0.2, -0.15) is 0 Å². The first-order valence-electron chi connectivity index (χ1n) is 6.83. The van der Waals surface area contributed by atoms with E-state index >= 15 is 0 Å². The standard InChI is InChI=1S/C14H18BrNO4/c1-14(2)19-11-4-3-10(15)9(12(11)20-14)5-6-16-7-8-18-13(16)17/h7-8,11-12H,3-6H2,1-2H3. The van der Waals surface area contributed by atoms with Crippen molar-refractivity contribution in [2.45, 2.75) is 57.6 Å². The predicted octanol–water partition coefficient (Wildman–Crippen LogP) is 2.79. The third-order valence-corrected chi connectivity index (χ3v) is 4.70. The van der Waals surface area contributed by atoms with Gasteiger partial charge in [0.05, 0.1) is 6.10 Å². The minimum atomic E-state index is -0.537. The summed E-state index contributed by atoms with van der Waals surface area (Å²) in [6.45, 7) is 4.47. The number of oxazole rings is 1. The van der Waals surface area contributed by atoms with Crippen LogP contribution in [0.5, 0.6) is 0 Å². The lowest BCUT2D eigenvalue weighted by Crippen LogP contribution is -2.30. The van der Waals surface area contributed by atoms with Crippen molar-refractivity contribution in [1.82, 2.24) is 4.57 Å². The van der Waals surface area contributed by atoms with Gasteiger partial charge in [-0.05, 0) is 43.2 Å². The fraction of sp³-hybridized carbons (Fsp3) is 0.643. The van der Waals surface area contributed by atoms with E-state index in [1.54, 1.807) is 10.8 Å². The van der Waals surface area contributed by atoms with Crippen molar-refractivity contribution in [3.63, 3.8) is 0 Å². The molecule has 0 radical (unpaired) electrons.